The van der Waals surface area contributed by atoms with E-state index in [0.29, 0.717) is 25.4 Å². The van der Waals surface area contributed by atoms with E-state index in [2.05, 4.69) is 16.9 Å². The topological polar surface area (TPSA) is 64.5 Å². The molecule has 3 saturated heterocycles. The highest BCUT2D eigenvalue weighted by Gasteiger charge is 2.40. The lowest BCUT2D eigenvalue weighted by Gasteiger charge is -2.27. The Morgan fingerprint density at radius 3 is 2.55 bits per heavy atom. The number of amides is 1. The van der Waals surface area contributed by atoms with Gasteiger partial charge in [-0.3, -0.25) is 4.79 Å². The van der Waals surface area contributed by atoms with Crippen LogP contribution < -0.4 is 0 Å². The van der Waals surface area contributed by atoms with Crippen LogP contribution in [0.5, 0.6) is 0 Å². The highest BCUT2D eigenvalue weighted by atomic mass is 19.4. The third-order valence-electron chi connectivity index (χ3n) is 5.60. The third-order valence-corrected chi connectivity index (χ3v) is 5.60. The number of rotatable bonds is 3. The summed E-state index contributed by atoms with van der Waals surface area (Å²) in [5.41, 5.74) is -1.70. The minimum absolute atomic E-state index is 0.0224. The second kappa shape index (κ2) is 9.38. The standard InChI is InChI=1S/C11H12F3N3O2.C9H16O/c1-7-15-6-8(9(16-7)11(12,13)14)10(18)17-2-4-19-5-3-17;1-2-3-7-6-8-4-5-9(7)10-8/h6H,2-5H2,1H3;7-9H,2-6H2,1H3/t;7-,8?,9?/m.1/s1. The zero-order chi connectivity index (χ0) is 21.0. The van der Waals surface area contributed by atoms with Crippen LogP contribution in [0.15, 0.2) is 6.20 Å². The summed E-state index contributed by atoms with van der Waals surface area (Å²) in [7, 11) is 0. The highest BCUT2D eigenvalue weighted by Crippen LogP contribution is 2.40. The van der Waals surface area contributed by atoms with Gasteiger partial charge in [0.1, 0.15) is 5.82 Å². The molecule has 3 fully saturated rings. The number of nitrogens with zero attached hydrogens (tertiary/aromatic N) is 3. The van der Waals surface area contributed by atoms with E-state index < -0.39 is 23.3 Å². The summed E-state index contributed by atoms with van der Waals surface area (Å²) in [4.78, 5) is 20.4. The van der Waals surface area contributed by atoms with Crippen molar-refractivity contribution in [1.29, 1.82) is 0 Å². The van der Waals surface area contributed by atoms with E-state index in [4.69, 9.17) is 9.47 Å². The van der Waals surface area contributed by atoms with E-state index in [9.17, 15) is 18.0 Å². The number of ether oxygens (including phenoxy) is 2. The van der Waals surface area contributed by atoms with Gasteiger partial charge in [-0.05, 0) is 38.5 Å². The lowest BCUT2D eigenvalue weighted by Crippen LogP contribution is -2.41. The predicted molar refractivity (Wildman–Crippen MR) is 99.4 cm³/mol. The minimum atomic E-state index is -4.68. The second-order valence-corrected chi connectivity index (χ2v) is 7.74. The zero-order valence-electron chi connectivity index (χ0n) is 16.9. The molecule has 3 atom stereocenters. The van der Waals surface area contributed by atoms with Crippen molar-refractivity contribution in [1.82, 2.24) is 14.9 Å². The van der Waals surface area contributed by atoms with Gasteiger partial charge in [-0.25, -0.2) is 9.97 Å². The summed E-state index contributed by atoms with van der Waals surface area (Å²) in [6, 6.07) is 0. The molecule has 6 nitrogen and oxygen atoms in total. The van der Waals surface area contributed by atoms with E-state index in [1.54, 1.807) is 0 Å². The summed E-state index contributed by atoms with van der Waals surface area (Å²) in [6.07, 6.45) is 4.33. The Bertz CT molecular complexity index is 708. The van der Waals surface area contributed by atoms with E-state index in [1.807, 2.05) is 0 Å². The lowest BCUT2D eigenvalue weighted by molar-refractivity contribution is -0.141. The summed E-state index contributed by atoms with van der Waals surface area (Å²) in [5, 5.41) is 0. The molecule has 1 aromatic heterocycles. The van der Waals surface area contributed by atoms with Crippen molar-refractivity contribution in [3.05, 3.63) is 23.3 Å². The van der Waals surface area contributed by atoms with Gasteiger partial charge in [0.05, 0.1) is 31.0 Å². The predicted octanol–water partition coefficient (Wildman–Crippen LogP) is 3.63. The van der Waals surface area contributed by atoms with Crippen LogP contribution in [0.2, 0.25) is 0 Å². The van der Waals surface area contributed by atoms with Gasteiger partial charge in [0.2, 0.25) is 0 Å². The van der Waals surface area contributed by atoms with Gasteiger partial charge in [0.15, 0.2) is 5.69 Å². The second-order valence-electron chi connectivity index (χ2n) is 7.74. The van der Waals surface area contributed by atoms with Crippen molar-refractivity contribution in [2.24, 2.45) is 5.92 Å². The highest BCUT2D eigenvalue weighted by molar-refractivity contribution is 5.95. The van der Waals surface area contributed by atoms with Crippen molar-refractivity contribution in [3.63, 3.8) is 0 Å². The smallest absolute Gasteiger partial charge is 0.378 e. The molecule has 3 aliphatic heterocycles. The summed E-state index contributed by atoms with van der Waals surface area (Å²) >= 11 is 0. The maximum absolute atomic E-state index is 12.9. The summed E-state index contributed by atoms with van der Waals surface area (Å²) in [6.45, 7) is 4.79. The maximum Gasteiger partial charge on any atom is 0.434 e. The average molecular weight is 415 g/mol. The number of carbonyl (C=O) groups excluding carboxylic acids is 1. The number of hydrogen-bond donors (Lipinski definition) is 0. The average Bonchev–Trinajstić information content (AvgIpc) is 3.31. The number of fused-ring (bicyclic) bond motifs is 2. The fourth-order valence-electron chi connectivity index (χ4n) is 4.20. The van der Waals surface area contributed by atoms with Crippen molar-refractivity contribution in [2.75, 3.05) is 26.3 Å². The van der Waals surface area contributed by atoms with Crippen molar-refractivity contribution in [3.8, 4) is 0 Å². The Hall–Kier alpha value is -1.74. The number of aryl methyl sites for hydroxylation is 1. The van der Waals surface area contributed by atoms with Crippen LogP contribution in [0.1, 0.15) is 60.9 Å². The minimum Gasteiger partial charge on any atom is -0.378 e. The first-order chi connectivity index (χ1) is 13.8. The van der Waals surface area contributed by atoms with Crippen LogP contribution in [0.3, 0.4) is 0 Å². The quantitative estimate of drug-likeness (QED) is 0.754. The molecule has 0 aromatic carbocycles. The number of carbonyl (C=O) groups is 1. The van der Waals surface area contributed by atoms with Crippen LogP contribution in [0.25, 0.3) is 0 Å². The molecule has 0 radical (unpaired) electrons. The molecule has 3 aliphatic rings. The Kier molecular flexibility index (Phi) is 7.10. The molecule has 1 aromatic rings. The summed E-state index contributed by atoms with van der Waals surface area (Å²) < 4.78 is 49.4. The molecule has 0 saturated carbocycles. The molecule has 0 spiro atoms. The Labute approximate surface area is 168 Å². The molecule has 9 heteroatoms. The van der Waals surface area contributed by atoms with Gasteiger partial charge in [-0.1, -0.05) is 13.3 Å². The molecule has 4 heterocycles. The van der Waals surface area contributed by atoms with Gasteiger partial charge < -0.3 is 14.4 Å². The molecule has 2 unspecified atom stereocenters. The normalized spacial score (nSPS) is 26.2. The molecule has 4 rings (SSSR count). The van der Waals surface area contributed by atoms with E-state index >= 15 is 0 Å². The molecular formula is C20H28F3N3O3. The van der Waals surface area contributed by atoms with Gasteiger partial charge in [-0.2, -0.15) is 13.2 Å². The van der Waals surface area contributed by atoms with Crippen LogP contribution >= 0.6 is 0 Å². The Balaban J connectivity index is 0.000000200. The van der Waals surface area contributed by atoms with Gasteiger partial charge >= 0.3 is 6.18 Å². The van der Waals surface area contributed by atoms with E-state index in [0.717, 1.165) is 12.1 Å². The molecule has 2 bridgehead atoms. The Morgan fingerprint density at radius 2 is 2.00 bits per heavy atom. The zero-order valence-corrected chi connectivity index (χ0v) is 16.9. The van der Waals surface area contributed by atoms with Crippen LogP contribution in [-0.4, -0.2) is 59.3 Å². The van der Waals surface area contributed by atoms with Crippen LogP contribution in [0, 0.1) is 12.8 Å². The third kappa shape index (κ3) is 5.45. The first kappa shape index (κ1) is 22.0. The van der Waals surface area contributed by atoms with E-state index in [-0.39, 0.29) is 18.9 Å². The van der Waals surface area contributed by atoms with Gasteiger partial charge in [0.25, 0.3) is 5.91 Å². The molecule has 0 N–H and O–H groups in total. The van der Waals surface area contributed by atoms with Crippen molar-refractivity contribution in [2.45, 2.75) is 64.3 Å². The first-order valence-electron chi connectivity index (χ1n) is 10.2. The largest absolute Gasteiger partial charge is 0.434 e. The van der Waals surface area contributed by atoms with E-state index in [1.165, 1.54) is 43.9 Å². The Morgan fingerprint density at radius 1 is 1.28 bits per heavy atom. The van der Waals surface area contributed by atoms with Crippen molar-refractivity contribution < 1.29 is 27.4 Å². The molecule has 1 amide bonds. The number of morpholine rings is 1. The number of alkyl halides is 3. The van der Waals surface area contributed by atoms with Gasteiger partial charge in [0, 0.05) is 19.3 Å². The maximum atomic E-state index is 12.9. The molecule has 29 heavy (non-hydrogen) atoms. The number of halogens is 3. The van der Waals surface area contributed by atoms with Crippen molar-refractivity contribution >= 4 is 5.91 Å². The SMILES string of the molecule is CCC[C@@H]1CC2CCC1O2.Cc1ncc(C(=O)N2CCOCC2)c(C(F)(F)F)n1. The van der Waals surface area contributed by atoms with Crippen LogP contribution in [-0.2, 0) is 15.7 Å². The van der Waals surface area contributed by atoms with Crippen LogP contribution in [0.4, 0.5) is 13.2 Å². The molecular weight excluding hydrogens is 387 g/mol. The fraction of sp³-hybridized carbons (Fsp3) is 0.750. The molecule has 0 aliphatic carbocycles. The lowest BCUT2D eigenvalue weighted by atomic mass is 9.86. The first-order valence-corrected chi connectivity index (χ1v) is 10.2. The van der Waals surface area contributed by atoms with Gasteiger partial charge in [-0.15, -0.1) is 0 Å². The number of hydrogen-bond acceptors (Lipinski definition) is 5. The fourth-order valence-corrected chi connectivity index (χ4v) is 4.20. The monoisotopic (exact) mass is 415 g/mol. The summed E-state index contributed by atoms with van der Waals surface area (Å²) in [5.74, 6) is 0.185. The molecule has 162 valence electrons. The number of aromatic nitrogens is 2.